The van der Waals surface area contributed by atoms with Crippen molar-refractivity contribution in [1.82, 2.24) is 9.88 Å². The number of hydrogen-bond acceptors (Lipinski definition) is 6. The van der Waals surface area contributed by atoms with Crippen LogP contribution in [-0.2, 0) is 17.8 Å². The zero-order chi connectivity index (χ0) is 26.5. The van der Waals surface area contributed by atoms with Crippen molar-refractivity contribution >= 4 is 12.1 Å². The second-order valence-corrected chi connectivity index (χ2v) is 9.32. The molecule has 0 spiro atoms. The topological polar surface area (TPSA) is 102 Å². The molecule has 1 fully saturated rings. The van der Waals surface area contributed by atoms with Crippen molar-refractivity contribution in [1.29, 1.82) is 0 Å². The number of aliphatic carboxylic acids is 1. The minimum Gasteiger partial charge on any atom is -0.487 e. The van der Waals surface area contributed by atoms with Crippen molar-refractivity contribution in [2.24, 2.45) is 11.8 Å². The van der Waals surface area contributed by atoms with E-state index in [0.717, 1.165) is 16.8 Å². The van der Waals surface area contributed by atoms with E-state index in [1.807, 2.05) is 67.6 Å². The minimum absolute atomic E-state index is 0.120. The highest BCUT2D eigenvalue weighted by molar-refractivity contribution is 5.75. The highest BCUT2D eigenvalue weighted by atomic mass is 16.6. The average molecular weight is 513 g/mol. The van der Waals surface area contributed by atoms with Crippen LogP contribution in [0.25, 0.3) is 11.5 Å². The lowest BCUT2D eigenvalue weighted by Gasteiger charge is -2.16. The van der Waals surface area contributed by atoms with Gasteiger partial charge >= 0.3 is 12.1 Å². The summed E-state index contributed by atoms with van der Waals surface area (Å²) in [7, 11) is 0. The minimum atomic E-state index is -0.914. The summed E-state index contributed by atoms with van der Waals surface area (Å²) in [5.41, 5.74) is 2.60. The summed E-state index contributed by atoms with van der Waals surface area (Å²) in [5.74, 6) is 0.565. The number of benzene rings is 3. The lowest BCUT2D eigenvalue weighted by atomic mass is 9.90. The number of aryl methyl sites for hydroxylation is 1. The molecule has 0 aliphatic carbocycles. The van der Waals surface area contributed by atoms with E-state index in [-0.39, 0.29) is 19.1 Å². The Morgan fingerprint density at radius 2 is 1.63 bits per heavy atom. The molecule has 0 bridgehead atoms. The molecule has 38 heavy (non-hydrogen) atoms. The number of amides is 1. The van der Waals surface area contributed by atoms with E-state index in [2.05, 4.69) is 4.98 Å². The van der Waals surface area contributed by atoms with Crippen molar-refractivity contribution in [3.8, 4) is 23.0 Å². The predicted octanol–water partition coefficient (Wildman–Crippen LogP) is 5.60. The summed E-state index contributed by atoms with van der Waals surface area (Å²) < 4.78 is 17.1. The summed E-state index contributed by atoms with van der Waals surface area (Å²) in [4.78, 5) is 30.5. The van der Waals surface area contributed by atoms with Crippen molar-refractivity contribution in [2.75, 3.05) is 13.1 Å². The van der Waals surface area contributed by atoms with Gasteiger partial charge in [-0.15, -0.1) is 0 Å². The van der Waals surface area contributed by atoms with Crippen LogP contribution in [0.4, 0.5) is 4.79 Å². The Labute approximate surface area is 220 Å². The first-order valence-corrected chi connectivity index (χ1v) is 12.4. The Balaban J connectivity index is 1.18. The maximum atomic E-state index is 12.6. The van der Waals surface area contributed by atoms with Crippen molar-refractivity contribution in [3.63, 3.8) is 0 Å². The highest BCUT2D eigenvalue weighted by Gasteiger charge is 2.40. The Bertz CT molecular complexity index is 1390. The molecule has 194 valence electrons. The van der Waals surface area contributed by atoms with Crippen LogP contribution in [0.3, 0.4) is 0 Å². The number of rotatable bonds is 8. The Hall–Kier alpha value is -4.59. The molecule has 4 aromatic rings. The Morgan fingerprint density at radius 3 is 2.32 bits per heavy atom. The highest BCUT2D eigenvalue weighted by Crippen LogP contribution is 2.29. The zero-order valence-corrected chi connectivity index (χ0v) is 20.9. The van der Waals surface area contributed by atoms with Crippen LogP contribution in [-0.4, -0.2) is 40.1 Å². The number of carboxylic acid groups (broad SMARTS) is 1. The van der Waals surface area contributed by atoms with Crippen LogP contribution in [0.15, 0.2) is 89.3 Å². The third-order valence-corrected chi connectivity index (χ3v) is 6.67. The van der Waals surface area contributed by atoms with Crippen LogP contribution in [0.1, 0.15) is 17.0 Å². The predicted molar refractivity (Wildman–Crippen MR) is 140 cm³/mol. The number of hydrogen-bond donors (Lipinski definition) is 1. The molecule has 0 radical (unpaired) electrons. The lowest BCUT2D eigenvalue weighted by Crippen LogP contribution is -2.32. The van der Waals surface area contributed by atoms with Gasteiger partial charge in [-0.1, -0.05) is 48.5 Å². The largest absolute Gasteiger partial charge is 0.487 e. The maximum absolute atomic E-state index is 12.6. The zero-order valence-electron chi connectivity index (χ0n) is 20.9. The number of nitrogens with zero attached hydrogens (tertiary/aromatic N) is 2. The van der Waals surface area contributed by atoms with Gasteiger partial charge in [0.25, 0.3) is 0 Å². The molecule has 5 rings (SSSR count). The average Bonchev–Trinajstić information content (AvgIpc) is 3.53. The lowest BCUT2D eigenvalue weighted by molar-refractivity contribution is -0.142. The summed E-state index contributed by atoms with van der Waals surface area (Å²) >= 11 is 0. The Morgan fingerprint density at radius 1 is 0.947 bits per heavy atom. The molecular formula is C30H28N2O6. The van der Waals surface area contributed by atoms with E-state index in [9.17, 15) is 14.7 Å². The fourth-order valence-electron chi connectivity index (χ4n) is 4.60. The molecule has 3 aromatic carbocycles. The van der Waals surface area contributed by atoms with Crippen LogP contribution in [0, 0.1) is 18.8 Å². The monoisotopic (exact) mass is 512 g/mol. The van der Waals surface area contributed by atoms with E-state index in [1.165, 1.54) is 4.90 Å². The van der Waals surface area contributed by atoms with E-state index < -0.39 is 18.0 Å². The number of likely N-dealkylation sites (tertiary alicyclic amines) is 1. The van der Waals surface area contributed by atoms with Gasteiger partial charge in [0.2, 0.25) is 5.89 Å². The summed E-state index contributed by atoms with van der Waals surface area (Å²) in [6.45, 7) is 2.56. The number of aromatic nitrogens is 1. The van der Waals surface area contributed by atoms with Gasteiger partial charge < -0.3 is 23.9 Å². The number of carboxylic acids is 1. The number of carbonyl (C=O) groups excluding carboxylic acids is 1. The van der Waals surface area contributed by atoms with E-state index >= 15 is 0 Å². The van der Waals surface area contributed by atoms with Gasteiger partial charge in [0.1, 0.15) is 29.6 Å². The van der Waals surface area contributed by atoms with Crippen LogP contribution < -0.4 is 9.47 Å². The van der Waals surface area contributed by atoms with Crippen LogP contribution in [0.2, 0.25) is 0 Å². The van der Waals surface area contributed by atoms with Crippen molar-refractivity contribution < 1.29 is 28.6 Å². The second-order valence-electron chi connectivity index (χ2n) is 9.32. The van der Waals surface area contributed by atoms with Gasteiger partial charge in [-0.2, -0.15) is 0 Å². The smallest absolute Gasteiger partial charge is 0.415 e. The second kappa shape index (κ2) is 11.2. The third kappa shape index (κ3) is 5.86. The molecule has 0 saturated carbocycles. The van der Waals surface area contributed by atoms with Gasteiger partial charge in [-0.05, 0) is 61.2 Å². The number of para-hydroxylation sites is 1. The summed E-state index contributed by atoms with van der Waals surface area (Å²) in [5, 5.41) is 9.76. The molecule has 1 N–H and O–H groups in total. The number of oxazole rings is 1. The summed E-state index contributed by atoms with van der Waals surface area (Å²) in [6, 6.07) is 26.0. The quantitative estimate of drug-likeness (QED) is 0.328. The van der Waals surface area contributed by atoms with Gasteiger partial charge in [0.05, 0.1) is 5.92 Å². The summed E-state index contributed by atoms with van der Waals surface area (Å²) in [6.07, 6.45) is -0.0119. The van der Waals surface area contributed by atoms with E-state index in [4.69, 9.17) is 13.9 Å². The molecule has 1 saturated heterocycles. The maximum Gasteiger partial charge on any atom is 0.415 e. The molecule has 2 atom stereocenters. The van der Waals surface area contributed by atoms with Crippen LogP contribution >= 0.6 is 0 Å². The van der Waals surface area contributed by atoms with Gasteiger partial charge in [-0.3, -0.25) is 4.79 Å². The Kier molecular flexibility index (Phi) is 7.40. The normalized spacial score (nSPS) is 16.8. The first-order chi connectivity index (χ1) is 18.5. The molecular weight excluding hydrogens is 484 g/mol. The first-order valence-electron chi connectivity index (χ1n) is 12.4. The van der Waals surface area contributed by atoms with Gasteiger partial charge in [-0.25, -0.2) is 9.78 Å². The molecule has 8 nitrogen and oxygen atoms in total. The van der Waals surface area contributed by atoms with Crippen molar-refractivity contribution in [2.45, 2.75) is 20.0 Å². The molecule has 8 heteroatoms. The molecule has 1 amide bonds. The van der Waals surface area contributed by atoms with Gasteiger partial charge in [0, 0.05) is 18.7 Å². The fourth-order valence-corrected chi connectivity index (χ4v) is 4.60. The van der Waals surface area contributed by atoms with E-state index in [0.29, 0.717) is 36.1 Å². The fraction of sp³-hybridized carbons (Fsp3) is 0.233. The molecule has 1 aliphatic heterocycles. The number of carbonyl (C=O) groups is 2. The first kappa shape index (κ1) is 25.1. The van der Waals surface area contributed by atoms with E-state index in [1.54, 1.807) is 24.3 Å². The third-order valence-electron chi connectivity index (χ3n) is 6.67. The molecule has 1 aliphatic rings. The molecule has 1 aromatic heterocycles. The number of ether oxygens (including phenoxy) is 2. The van der Waals surface area contributed by atoms with Gasteiger partial charge in [0.15, 0.2) is 0 Å². The van der Waals surface area contributed by atoms with Crippen molar-refractivity contribution in [3.05, 3.63) is 102 Å². The standard InChI is InChI=1S/C30H28N2O6/c1-20-27(31-28(37-20)22-8-4-2-5-9-22)19-36-24-14-12-21(13-15-24)16-23-17-32(18-26(23)29(33)34)30(35)38-25-10-6-3-7-11-25/h2-15,23,26H,16-19H2,1H3,(H,33,34)/t23-,26+/m1/s1. The van der Waals surface area contributed by atoms with Crippen LogP contribution in [0.5, 0.6) is 11.5 Å². The molecule has 0 unspecified atom stereocenters. The molecule has 2 heterocycles. The SMILES string of the molecule is Cc1oc(-c2ccccc2)nc1COc1ccc(C[C@@H]2CN(C(=O)Oc3ccccc3)C[C@@H]2C(=O)O)cc1.